The molecule has 0 N–H and O–H groups in total. The second-order valence-corrected chi connectivity index (χ2v) is 2.23. The van der Waals surface area contributed by atoms with Crippen molar-refractivity contribution in [2.24, 2.45) is 0 Å². The summed E-state index contributed by atoms with van der Waals surface area (Å²) >= 11 is 0. The van der Waals surface area contributed by atoms with Gasteiger partial charge in [-0.2, -0.15) is 0 Å². The van der Waals surface area contributed by atoms with Gasteiger partial charge in [0.05, 0.1) is 6.61 Å². The number of rotatable bonds is 3. The molecule has 0 bridgehead atoms. The lowest BCUT2D eigenvalue weighted by molar-refractivity contribution is 0.299. The highest BCUT2D eigenvalue weighted by molar-refractivity contribution is 5.83. The van der Waals surface area contributed by atoms with Gasteiger partial charge in [-0.15, -0.1) is 0 Å². The SMILES string of the molecule is CCOC(=C=O)c1ccccc1. The van der Waals surface area contributed by atoms with Gasteiger partial charge in [-0.1, -0.05) is 30.3 Å². The lowest BCUT2D eigenvalue weighted by Gasteiger charge is -2.02. The van der Waals surface area contributed by atoms with E-state index in [1.165, 1.54) is 0 Å². The van der Waals surface area contributed by atoms with Crippen LogP contribution >= 0.6 is 0 Å². The number of benzene rings is 1. The topological polar surface area (TPSA) is 26.3 Å². The Labute approximate surface area is 71.5 Å². The molecular weight excluding hydrogens is 152 g/mol. The van der Waals surface area contributed by atoms with E-state index in [0.29, 0.717) is 6.61 Å². The molecule has 0 aromatic heterocycles. The third-order valence-electron chi connectivity index (χ3n) is 1.42. The fourth-order valence-corrected chi connectivity index (χ4v) is 0.906. The fourth-order valence-electron chi connectivity index (χ4n) is 0.906. The predicted molar refractivity (Wildman–Crippen MR) is 47.2 cm³/mol. The van der Waals surface area contributed by atoms with E-state index in [2.05, 4.69) is 0 Å². The summed E-state index contributed by atoms with van der Waals surface area (Å²) < 4.78 is 5.07. The van der Waals surface area contributed by atoms with Crippen LogP contribution in [0.2, 0.25) is 0 Å². The van der Waals surface area contributed by atoms with Crippen molar-refractivity contribution in [2.75, 3.05) is 6.61 Å². The van der Waals surface area contributed by atoms with Gasteiger partial charge in [0.25, 0.3) is 0 Å². The number of carbonyl (C=O) groups excluding carboxylic acids is 1. The second kappa shape index (κ2) is 4.37. The maximum atomic E-state index is 10.4. The quantitative estimate of drug-likeness (QED) is 0.501. The van der Waals surface area contributed by atoms with Crippen LogP contribution in [0.5, 0.6) is 0 Å². The molecule has 2 heteroatoms. The van der Waals surface area contributed by atoms with Crippen molar-refractivity contribution in [3.8, 4) is 0 Å². The Morgan fingerprint density at radius 1 is 1.42 bits per heavy atom. The summed E-state index contributed by atoms with van der Waals surface area (Å²) in [7, 11) is 0. The third-order valence-corrected chi connectivity index (χ3v) is 1.42. The smallest absolute Gasteiger partial charge is 0.210 e. The second-order valence-electron chi connectivity index (χ2n) is 2.23. The average Bonchev–Trinajstić information content (AvgIpc) is 2.15. The first-order valence-corrected chi connectivity index (χ1v) is 3.81. The minimum atomic E-state index is 0.276. The summed E-state index contributed by atoms with van der Waals surface area (Å²) in [6, 6.07) is 9.22. The highest BCUT2D eigenvalue weighted by Crippen LogP contribution is 2.11. The van der Waals surface area contributed by atoms with E-state index in [1.807, 2.05) is 37.3 Å². The standard InChI is InChI=1S/C10H10O2/c1-2-12-10(8-11)9-6-4-3-5-7-9/h3-7H,2H2,1H3. The molecule has 0 unspecified atom stereocenters. The molecule has 0 spiro atoms. The van der Waals surface area contributed by atoms with Gasteiger partial charge in [0.2, 0.25) is 5.76 Å². The Morgan fingerprint density at radius 3 is 2.58 bits per heavy atom. The van der Waals surface area contributed by atoms with Crippen LogP contribution in [0.1, 0.15) is 12.5 Å². The van der Waals surface area contributed by atoms with Gasteiger partial charge < -0.3 is 4.74 Å². The van der Waals surface area contributed by atoms with Crippen molar-refractivity contribution in [1.29, 1.82) is 0 Å². The predicted octanol–water partition coefficient (Wildman–Crippen LogP) is 1.90. The van der Waals surface area contributed by atoms with Gasteiger partial charge in [0.15, 0.2) is 5.94 Å². The van der Waals surface area contributed by atoms with Crippen LogP contribution < -0.4 is 0 Å². The van der Waals surface area contributed by atoms with Crippen LogP contribution in [0.15, 0.2) is 30.3 Å². The molecule has 0 aliphatic carbocycles. The van der Waals surface area contributed by atoms with E-state index in [4.69, 9.17) is 4.74 Å². The molecule has 0 saturated carbocycles. The molecule has 0 fully saturated rings. The van der Waals surface area contributed by atoms with E-state index >= 15 is 0 Å². The van der Waals surface area contributed by atoms with Crippen LogP contribution in [-0.4, -0.2) is 12.5 Å². The molecule has 0 amide bonds. The van der Waals surface area contributed by atoms with Gasteiger partial charge in [-0.05, 0) is 6.92 Å². The molecule has 0 heterocycles. The minimum absolute atomic E-state index is 0.276. The summed E-state index contributed by atoms with van der Waals surface area (Å²) in [6.45, 7) is 2.32. The van der Waals surface area contributed by atoms with Crippen molar-refractivity contribution in [2.45, 2.75) is 6.92 Å². The number of hydrogen-bond acceptors (Lipinski definition) is 2. The summed E-state index contributed by atoms with van der Waals surface area (Å²) in [6.07, 6.45) is 0. The molecule has 0 aliphatic rings. The molecular formula is C10H10O2. The van der Waals surface area contributed by atoms with Crippen LogP contribution in [0.4, 0.5) is 0 Å². The first-order chi connectivity index (χ1) is 5.88. The molecule has 0 radical (unpaired) electrons. The van der Waals surface area contributed by atoms with Crippen LogP contribution in [0.25, 0.3) is 5.76 Å². The monoisotopic (exact) mass is 162 g/mol. The van der Waals surface area contributed by atoms with Gasteiger partial charge in [0.1, 0.15) is 0 Å². The van der Waals surface area contributed by atoms with Gasteiger partial charge >= 0.3 is 0 Å². The fraction of sp³-hybridized carbons (Fsp3) is 0.200. The van der Waals surface area contributed by atoms with E-state index in [-0.39, 0.29) is 5.76 Å². The highest BCUT2D eigenvalue weighted by atomic mass is 16.5. The molecule has 62 valence electrons. The van der Waals surface area contributed by atoms with Gasteiger partial charge in [-0.3, -0.25) is 0 Å². The molecule has 0 aliphatic heterocycles. The maximum absolute atomic E-state index is 10.4. The number of ether oxygens (including phenoxy) is 1. The van der Waals surface area contributed by atoms with E-state index in [9.17, 15) is 4.79 Å². The van der Waals surface area contributed by atoms with Crippen molar-refractivity contribution >= 4 is 11.7 Å². The minimum Gasteiger partial charge on any atom is -0.483 e. The first kappa shape index (κ1) is 8.57. The zero-order valence-electron chi connectivity index (χ0n) is 6.91. The maximum Gasteiger partial charge on any atom is 0.210 e. The lowest BCUT2D eigenvalue weighted by Crippen LogP contribution is -1.91. The lowest BCUT2D eigenvalue weighted by atomic mass is 10.2. The van der Waals surface area contributed by atoms with Crippen LogP contribution in [0, 0.1) is 0 Å². The molecule has 2 nitrogen and oxygen atoms in total. The van der Waals surface area contributed by atoms with E-state index in [1.54, 1.807) is 5.94 Å². The van der Waals surface area contributed by atoms with Crippen molar-refractivity contribution in [3.05, 3.63) is 35.9 Å². The highest BCUT2D eigenvalue weighted by Gasteiger charge is 2.00. The molecule has 1 aromatic carbocycles. The van der Waals surface area contributed by atoms with Crippen molar-refractivity contribution < 1.29 is 9.53 Å². The largest absolute Gasteiger partial charge is 0.483 e. The zero-order chi connectivity index (χ0) is 8.81. The summed E-state index contributed by atoms with van der Waals surface area (Å²) in [4.78, 5) is 10.4. The molecule has 1 aromatic rings. The normalized spacial score (nSPS) is 8.75. The Bertz CT molecular complexity index is 284. The van der Waals surface area contributed by atoms with Crippen molar-refractivity contribution in [3.63, 3.8) is 0 Å². The zero-order valence-corrected chi connectivity index (χ0v) is 6.91. The molecule has 1 rings (SSSR count). The number of hydrogen-bond donors (Lipinski definition) is 0. The Kier molecular flexibility index (Phi) is 3.12. The summed E-state index contributed by atoms with van der Waals surface area (Å²) in [5.41, 5.74) is 0.773. The average molecular weight is 162 g/mol. The summed E-state index contributed by atoms with van der Waals surface area (Å²) in [5, 5.41) is 0. The van der Waals surface area contributed by atoms with E-state index < -0.39 is 0 Å². The van der Waals surface area contributed by atoms with Gasteiger partial charge in [0, 0.05) is 5.56 Å². The molecule has 0 saturated heterocycles. The van der Waals surface area contributed by atoms with Crippen molar-refractivity contribution in [1.82, 2.24) is 0 Å². The third kappa shape index (κ3) is 1.97. The molecule has 12 heavy (non-hydrogen) atoms. The van der Waals surface area contributed by atoms with Crippen LogP contribution in [0.3, 0.4) is 0 Å². The van der Waals surface area contributed by atoms with E-state index in [0.717, 1.165) is 5.56 Å². The molecule has 0 atom stereocenters. The Morgan fingerprint density at radius 2 is 2.08 bits per heavy atom. The first-order valence-electron chi connectivity index (χ1n) is 3.81. The van der Waals surface area contributed by atoms with Gasteiger partial charge in [-0.25, -0.2) is 4.79 Å². The van der Waals surface area contributed by atoms with Crippen LogP contribution in [-0.2, 0) is 9.53 Å². The summed E-state index contributed by atoms with van der Waals surface area (Å²) in [5.74, 6) is 2.04. The Hall–Kier alpha value is -1.53. The Balaban J connectivity index is 2.89.